The fourth-order valence-corrected chi connectivity index (χ4v) is 2.04. The lowest BCUT2D eigenvalue weighted by molar-refractivity contribution is 0.412. The SMILES string of the molecule is COc1ccc(O)c(-c2nc(-c3ccccn3)nn2C)c1. The molecule has 6 nitrogen and oxygen atoms in total. The molecular weight excluding hydrogens is 268 g/mol. The third-order valence-corrected chi connectivity index (χ3v) is 3.10. The van der Waals surface area contributed by atoms with Crippen molar-refractivity contribution in [3.63, 3.8) is 0 Å². The summed E-state index contributed by atoms with van der Waals surface area (Å²) in [6.07, 6.45) is 1.69. The van der Waals surface area contributed by atoms with E-state index in [4.69, 9.17) is 4.74 Å². The number of ether oxygens (including phenoxy) is 1. The number of rotatable bonds is 3. The fraction of sp³-hybridized carbons (Fsp3) is 0.133. The van der Waals surface area contributed by atoms with Gasteiger partial charge in [0.2, 0.25) is 0 Å². The van der Waals surface area contributed by atoms with E-state index < -0.39 is 0 Å². The van der Waals surface area contributed by atoms with Crippen LogP contribution in [0.3, 0.4) is 0 Å². The fourth-order valence-electron chi connectivity index (χ4n) is 2.04. The van der Waals surface area contributed by atoms with Crippen LogP contribution < -0.4 is 4.74 Å². The van der Waals surface area contributed by atoms with Crippen molar-refractivity contribution in [1.29, 1.82) is 0 Å². The van der Waals surface area contributed by atoms with E-state index in [1.54, 1.807) is 43.2 Å². The average molecular weight is 282 g/mol. The van der Waals surface area contributed by atoms with Crippen molar-refractivity contribution < 1.29 is 9.84 Å². The second kappa shape index (κ2) is 5.24. The van der Waals surface area contributed by atoms with Gasteiger partial charge >= 0.3 is 0 Å². The molecule has 0 unspecified atom stereocenters. The summed E-state index contributed by atoms with van der Waals surface area (Å²) in [7, 11) is 3.35. The molecule has 1 aromatic carbocycles. The molecule has 0 aliphatic heterocycles. The molecule has 0 amide bonds. The van der Waals surface area contributed by atoms with Crippen molar-refractivity contribution in [2.45, 2.75) is 0 Å². The van der Waals surface area contributed by atoms with Gasteiger partial charge in [-0.1, -0.05) is 6.07 Å². The van der Waals surface area contributed by atoms with Crippen molar-refractivity contribution in [1.82, 2.24) is 19.7 Å². The monoisotopic (exact) mass is 282 g/mol. The van der Waals surface area contributed by atoms with Gasteiger partial charge in [0.1, 0.15) is 17.2 Å². The van der Waals surface area contributed by atoms with Gasteiger partial charge in [-0.05, 0) is 30.3 Å². The molecule has 2 aromatic heterocycles. The van der Waals surface area contributed by atoms with Gasteiger partial charge < -0.3 is 9.84 Å². The zero-order valence-corrected chi connectivity index (χ0v) is 11.7. The minimum atomic E-state index is 0.124. The van der Waals surface area contributed by atoms with E-state index in [1.807, 2.05) is 18.2 Å². The first-order valence-corrected chi connectivity index (χ1v) is 6.39. The Hall–Kier alpha value is -2.89. The van der Waals surface area contributed by atoms with Crippen LogP contribution in [-0.4, -0.2) is 32.0 Å². The third-order valence-electron chi connectivity index (χ3n) is 3.10. The quantitative estimate of drug-likeness (QED) is 0.797. The molecule has 6 heteroatoms. The molecule has 21 heavy (non-hydrogen) atoms. The molecule has 2 heterocycles. The topological polar surface area (TPSA) is 73.1 Å². The van der Waals surface area contributed by atoms with E-state index in [-0.39, 0.29) is 5.75 Å². The molecular formula is C15H14N4O2. The van der Waals surface area contributed by atoms with E-state index >= 15 is 0 Å². The number of nitrogens with zero attached hydrogens (tertiary/aromatic N) is 4. The summed E-state index contributed by atoms with van der Waals surface area (Å²) in [6.45, 7) is 0. The standard InChI is InChI=1S/C15H14N4O2/c1-19-15(11-9-10(21-2)6-7-13(11)20)17-14(18-19)12-5-3-4-8-16-12/h3-9,20H,1-2H3. The second-order valence-corrected chi connectivity index (χ2v) is 4.48. The summed E-state index contributed by atoms with van der Waals surface area (Å²) >= 11 is 0. The smallest absolute Gasteiger partial charge is 0.200 e. The van der Waals surface area contributed by atoms with Gasteiger partial charge in [0.05, 0.1) is 12.7 Å². The summed E-state index contributed by atoms with van der Waals surface area (Å²) in [5, 5.41) is 14.4. The Morgan fingerprint density at radius 3 is 2.76 bits per heavy atom. The van der Waals surface area contributed by atoms with Crippen LogP contribution in [0.15, 0.2) is 42.6 Å². The lowest BCUT2D eigenvalue weighted by Crippen LogP contribution is -1.95. The number of phenolic OH excluding ortho intramolecular Hbond substituents is 1. The van der Waals surface area contributed by atoms with Crippen LogP contribution in [-0.2, 0) is 7.05 Å². The first-order chi connectivity index (χ1) is 10.2. The molecule has 3 rings (SSSR count). The lowest BCUT2D eigenvalue weighted by Gasteiger charge is -2.06. The Bertz CT molecular complexity index is 769. The number of benzene rings is 1. The van der Waals surface area contributed by atoms with Gasteiger partial charge in [0, 0.05) is 13.2 Å². The predicted molar refractivity (Wildman–Crippen MR) is 77.9 cm³/mol. The highest BCUT2D eigenvalue weighted by Gasteiger charge is 2.15. The average Bonchev–Trinajstić information content (AvgIpc) is 2.90. The minimum Gasteiger partial charge on any atom is -0.507 e. The van der Waals surface area contributed by atoms with Gasteiger partial charge in [-0.15, -0.1) is 5.10 Å². The number of hydrogen-bond donors (Lipinski definition) is 1. The lowest BCUT2D eigenvalue weighted by atomic mass is 10.2. The Balaban J connectivity index is 2.10. The van der Waals surface area contributed by atoms with Crippen molar-refractivity contribution in [3.05, 3.63) is 42.6 Å². The molecule has 0 radical (unpaired) electrons. The maximum Gasteiger partial charge on any atom is 0.200 e. The van der Waals surface area contributed by atoms with Crippen LogP contribution in [0.1, 0.15) is 0 Å². The molecule has 0 aliphatic rings. The third kappa shape index (κ3) is 2.43. The first kappa shape index (κ1) is 13.1. The summed E-state index contributed by atoms with van der Waals surface area (Å²) in [6, 6.07) is 10.5. The van der Waals surface area contributed by atoms with Crippen molar-refractivity contribution in [3.8, 4) is 34.4 Å². The van der Waals surface area contributed by atoms with E-state index in [0.717, 1.165) is 0 Å². The molecule has 0 bridgehead atoms. The van der Waals surface area contributed by atoms with Crippen LogP contribution in [0, 0.1) is 0 Å². The highest BCUT2D eigenvalue weighted by Crippen LogP contribution is 2.32. The molecule has 0 atom stereocenters. The molecule has 0 fully saturated rings. The van der Waals surface area contributed by atoms with Gasteiger partial charge in [0.15, 0.2) is 11.6 Å². The highest BCUT2D eigenvalue weighted by molar-refractivity contribution is 5.67. The Labute approximate surface area is 121 Å². The number of aromatic nitrogens is 4. The largest absolute Gasteiger partial charge is 0.507 e. The molecule has 0 saturated carbocycles. The first-order valence-electron chi connectivity index (χ1n) is 6.39. The van der Waals surface area contributed by atoms with Gasteiger partial charge in [-0.2, -0.15) is 0 Å². The minimum absolute atomic E-state index is 0.124. The van der Waals surface area contributed by atoms with E-state index in [1.165, 1.54) is 0 Å². The van der Waals surface area contributed by atoms with E-state index in [0.29, 0.717) is 28.7 Å². The van der Waals surface area contributed by atoms with Crippen LogP contribution in [0.25, 0.3) is 22.9 Å². The number of hydrogen-bond acceptors (Lipinski definition) is 5. The maximum absolute atomic E-state index is 10.0. The Morgan fingerprint density at radius 1 is 1.19 bits per heavy atom. The summed E-state index contributed by atoms with van der Waals surface area (Å²) < 4.78 is 6.79. The van der Waals surface area contributed by atoms with Crippen LogP contribution >= 0.6 is 0 Å². The molecule has 0 spiro atoms. The predicted octanol–water partition coefficient (Wildman–Crippen LogP) is 2.26. The number of pyridine rings is 1. The van der Waals surface area contributed by atoms with Crippen molar-refractivity contribution in [2.24, 2.45) is 7.05 Å². The van der Waals surface area contributed by atoms with Crippen LogP contribution in [0.4, 0.5) is 0 Å². The van der Waals surface area contributed by atoms with Crippen LogP contribution in [0.5, 0.6) is 11.5 Å². The number of aryl methyl sites for hydroxylation is 1. The molecule has 106 valence electrons. The number of aromatic hydroxyl groups is 1. The summed E-state index contributed by atoms with van der Waals surface area (Å²) in [5.41, 5.74) is 1.24. The summed E-state index contributed by atoms with van der Waals surface area (Å²) in [4.78, 5) is 8.69. The van der Waals surface area contributed by atoms with Crippen molar-refractivity contribution in [2.75, 3.05) is 7.11 Å². The van der Waals surface area contributed by atoms with Gasteiger partial charge in [-0.3, -0.25) is 4.98 Å². The Morgan fingerprint density at radius 2 is 2.05 bits per heavy atom. The zero-order valence-electron chi connectivity index (χ0n) is 11.7. The second-order valence-electron chi connectivity index (χ2n) is 4.48. The molecule has 3 aromatic rings. The molecule has 0 aliphatic carbocycles. The highest BCUT2D eigenvalue weighted by atomic mass is 16.5. The summed E-state index contributed by atoms with van der Waals surface area (Å²) in [5.74, 6) is 1.83. The Kier molecular flexibility index (Phi) is 3.27. The number of methoxy groups -OCH3 is 1. The van der Waals surface area contributed by atoms with Crippen molar-refractivity contribution >= 4 is 0 Å². The van der Waals surface area contributed by atoms with E-state index in [2.05, 4.69) is 15.1 Å². The maximum atomic E-state index is 10.0. The van der Waals surface area contributed by atoms with Crippen LogP contribution in [0.2, 0.25) is 0 Å². The van der Waals surface area contributed by atoms with E-state index in [9.17, 15) is 5.11 Å². The van der Waals surface area contributed by atoms with Gasteiger partial charge in [-0.25, -0.2) is 9.67 Å². The molecule has 0 saturated heterocycles. The van der Waals surface area contributed by atoms with Gasteiger partial charge in [0.25, 0.3) is 0 Å². The number of phenols is 1. The molecule has 1 N–H and O–H groups in total. The zero-order chi connectivity index (χ0) is 14.8. The normalized spacial score (nSPS) is 10.6.